The van der Waals surface area contributed by atoms with Crippen LogP contribution in [0.2, 0.25) is 19.6 Å². The molecule has 2 N–H and O–H groups in total. The maximum Gasteiger partial charge on any atom is 0.291 e. The molecule has 1 atom stereocenters. The number of nitriles is 1. The Morgan fingerprint density at radius 1 is 1.30 bits per heavy atom. The molecule has 0 bridgehead atoms. The molecule has 1 amide bonds. The van der Waals surface area contributed by atoms with Crippen molar-refractivity contribution in [1.82, 2.24) is 14.5 Å². The van der Waals surface area contributed by atoms with Crippen LogP contribution in [-0.4, -0.2) is 39.3 Å². The summed E-state index contributed by atoms with van der Waals surface area (Å²) in [5.41, 5.74) is 4.15. The number of benzene rings is 1. The van der Waals surface area contributed by atoms with Gasteiger partial charge in [0.05, 0.1) is 8.07 Å². The van der Waals surface area contributed by atoms with Gasteiger partial charge in [-0.3, -0.25) is 9.78 Å². The fraction of sp³-hybridized carbons (Fsp3) is 0.357. The van der Waals surface area contributed by atoms with Crippen molar-refractivity contribution in [2.24, 2.45) is 0 Å². The largest absolute Gasteiger partial charge is 0.506 e. The highest BCUT2D eigenvalue weighted by Crippen LogP contribution is 2.36. The van der Waals surface area contributed by atoms with Gasteiger partial charge in [-0.2, -0.15) is 5.26 Å². The second-order valence-corrected chi connectivity index (χ2v) is 15.9. The number of carbonyl (C=O) groups excluding carboxylic acids is 1. The van der Waals surface area contributed by atoms with Crippen LogP contribution < -0.4 is 5.32 Å². The van der Waals surface area contributed by atoms with E-state index >= 15 is 0 Å². The molecule has 4 rings (SSSR count). The van der Waals surface area contributed by atoms with E-state index in [-0.39, 0.29) is 29.7 Å². The number of aromatic nitrogens is 3. The van der Waals surface area contributed by atoms with E-state index in [1.54, 1.807) is 29.1 Å². The first-order valence-corrected chi connectivity index (χ1v) is 16.1. The first kappa shape index (κ1) is 26.3. The third kappa shape index (κ3) is 6.16. The first-order chi connectivity index (χ1) is 17.7. The molecule has 8 nitrogen and oxygen atoms in total. The van der Waals surface area contributed by atoms with Crippen LogP contribution in [0.15, 0.2) is 48.8 Å². The van der Waals surface area contributed by atoms with E-state index in [4.69, 9.17) is 4.74 Å². The number of aromatic hydroxyl groups is 1. The molecular weight excluding hydrogens is 482 g/mol. The monoisotopic (exact) mass is 515 g/mol. The quantitative estimate of drug-likeness (QED) is 0.357. The van der Waals surface area contributed by atoms with Crippen LogP contribution in [0.1, 0.15) is 54.5 Å². The summed E-state index contributed by atoms with van der Waals surface area (Å²) in [7, 11) is -1.54. The Morgan fingerprint density at radius 3 is 2.78 bits per heavy atom. The Kier molecular flexibility index (Phi) is 7.91. The predicted molar refractivity (Wildman–Crippen MR) is 147 cm³/mol. The Hall–Kier alpha value is -3.74. The average molecular weight is 516 g/mol. The topological polar surface area (TPSA) is 113 Å². The third-order valence-electron chi connectivity index (χ3n) is 6.74. The highest BCUT2D eigenvalue weighted by Gasteiger charge is 2.25. The van der Waals surface area contributed by atoms with Crippen LogP contribution in [0.3, 0.4) is 0 Å². The standard InChI is InChI=1S/C28H33N5O3Si/c1-19(37(2,3)4)36-18-33-17-22(16-29)31-27(33)28(35)32-24-13-12-21(26-25(34)11-8-14-30-26)15-23(24)20-9-6-5-7-10-20/h8-9,11-15,17,19,34H,5-7,10,18H2,1-4H3,(H,32,35). The zero-order valence-corrected chi connectivity index (χ0v) is 22.8. The minimum absolute atomic E-state index is 0.0664. The Labute approximate surface area is 218 Å². The first-order valence-electron chi connectivity index (χ1n) is 12.6. The minimum atomic E-state index is -1.54. The molecule has 0 spiro atoms. The summed E-state index contributed by atoms with van der Waals surface area (Å²) in [5.74, 6) is -0.201. The fourth-order valence-corrected chi connectivity index (χ4v) is 4.71. The van der Waals surface area contributed by atoms with Crippen LogP contribution in [0.5, 0.6) is 5.75 Å². The Morgan fingerprint density at radius 2 is 2.11 bits per heavy atom. The van der Waals surface area contributed by atoms with Crippen molar-refractivity contribution in [2.45, 2.75) is 64.7 Å². The smallest absolute Gasteiger partial charge is 0.291 e. The van der Waals surface area contributed by atoms with Gasteiger partial charge in [-0.05, 0) is 62.4 Å². The molecule has 0 aliphatic heterocycles. The number of nitrogens with zero attached hydrogens (tertiary/aromatic N) is 4. The van der Waals surface area contributed by atoms with Gasteiger partial charge in [-0.25, -0.2) is 4.98 Å². The van der Waals surface area contributed by atoms with E-state index < -0.39 is 14.0 Å². The molecule has 1 unspecified atom stereocenters. The number of pyridine rings is 1. The number of rotatable bonds is 8. The van der Waals surface area contributed by atoms with Gasteiger partial charge in [0, 0.05) is 34.9 Å². The third-order valence-corrected chi connectivity index (χ3v) is 9.35. The van der Waals surface area contributed by atoms with Crippen molar-refractivity contribution in [3.05, 3.63) is 65.9 Å². The summed E-state index contributed by atoms with van der Waals surface area (Å²) in [6.07, 6.45) is 9.47. The van der Waals surface area contributed by atoms with Gasteiger partial charge < -0.3 is 19.7 Å². The van der Waals surface area contributed by atoms with Gasteiger partial charge in [0.25, 0.3) is 5.91 Å². The van der Waals surface area contributed by atoms with Crippen LogP contribution in [0.4, 0.5) is 5.69 Å². The molecule has 1 aromatic carbocycles. The Balaban J connectivity index is 1.66. The van der Waals surface area contributed by atoms with E-state index in [1.165, 1.54) is 0 Å². The number of anilines is 1. The molecular formula is C28H33N5O3Si. The molecule has 9 heteroatoms. The lowest BCUT2D eigenvalue weighted by Gasteiger charge is -2.25. The SMILES string of the molecule is CC(OCn1cc(C#N)nc1C(=O)Nc1ccc(-c2ncccc2O)cc1C1=CCCCC1)[Si](C)(C)C. The lowest BCUT2D eigenvalue weighted by molar-refractivity contribution is 0.0540. The number of carbonyl (C=O) groups is 1. The molecule has 192 valence electrons. The van der Waals surface area contributed by atoms with E-state index in [0.717, 1.165) is 42.4 Å². The number of amides is 1. The molecule has 0 fully saturated rings. The second-order valence-electron chi connectivity index (χ2n) is 10.4. The molecule has 37 heavy (non-hydrogen) atoms. The molecule has 2 heterocycles. The molecule has 0 saturated heterocycles. The van der Waals surface area contributed by atoms with E-state index in [1.807, 2.05) is 31.2 Å². The zero-order chi connectivity index (χ0) is 26.6. The van der Waals surface area contributed by atoms with Crippen molar-refractivity contribution in [3.63, 3.8) is 0 Å². The average Bonchev–Trinajstić information content (AvgIpc) is 3.31. The van der Waals surface area contributed by atoms with Crippen molar-refractivity contribution in [3.8, 4) is 23.1 Å². The second kappa shape index (κ2) is 11.1. The fourth-order valence-electron chi connectivity index (χ4n) is 4.14. The molecule has 0 saturated carbocycles. The summed E-state index contributed by atoms with van der Waals surface area (Å²) in [6, 6.07) is 10.9. The molecule has 1 aliphatic rings. The summed E-state index contributed by atoms with van der Waals surface area (Å²) in [5, 5.41) is 22.7. The van der Waals surface area contributed by atoms with Gasteiger partial charge in [0.15, 0.2) is 5.69 Å². The lowest BCUT2D eigenvalue weighted by Crippen LogP contribution is -2.38. The van der Waals surface area contributed by atoms with Crippen LogP contribution >= 0.6 is 0 Å². The van der Waals surface area contributed by atoms with Gasteiger partial charge in [0.1, 0.15) is 24.2 Å². The number of hydrogen-bond donors (Lipinski definition) is 2. The Bertz CT molecular complexity index is 1370. The number of nitrogens with one attached hydrogen (secondary N) is 1. The van der Waals surface area contributed by atoms with Gasteiger partial charge >= 0.3 is 0 Å². The normalized spacial score (nSPS) is 14.5. The lowest BCUT2D eigenvalue weighted by atomic mass is 9.91. The van der Waals surface area contributed by atoms with E-state index in [0.29, 0.717) is 11.4 Å². The van der Waals surface area contributed by atoms with Crippen molar-refractivity contribution in [1.29, 1.82) is 5.26 Å². The molecule has 3 aromatic rings. The maximum absolute atomic E-state index is 13.4. The summed E-state index contributed by atoms with van der Waals surface area (Å²) in [6.45, 7) is 8.83. The van der Waals surface area contributed by atoms with E-state index in [9.17, 15) is 15.2 Å². The molecule has 1 aliphatic carbocycles. The highest BCUT2D eigenvalue weighted by atomic mass is 28.3. The van der Waals surface area contributed by atoms with Gasteiger partial charge in [-0.15, -0.1) is 0 Å². The molecule has 2 aromatic heterocycles. The van der Waals surface area contributed by atoms with Crippen molar-refractivity contribution < 1.29 is 14.6 Å². The minimum Gasteiger partial charge on any atom is -0.506 e. The number of allylic oxidation sites excluding steroid dienone is 2. The van der Waals surface area contributed by atoms with E-state index in [2.05, 4.69) is 41.0 Å². The number of hydrogen-bond acceptors (Lipinski definition) is 6. The molecule has 0 radical (unpaired) electrons. The van der Waals surface area contributed by atoms with Crippen molar-refractivity contribution >= 4 is 25.2 Å². The maximum atomic E-state index is 13.4. The predicted octanol–water partition coefficient (Wildman–Crippen LogP) is 5.97. The zero-order valence-electron chi connectivity index (χ0n) is 21.8. The van der Waals surface area contributed by atoms with Crippen LogP contribution in [0, 0.1) is 11.3 Å². The summed E-state index contributed by atoms with van der Waals surface area (Å²) < 4.78 is 7.63. The summed E-state index contributed by atoms with van der Waals surface area (Å²) in [4.78, 5) is 22.0. The van der Waals surface area contributed by atoms with Gasteiger partial charge in [0.2, 0.25) is 5.82 Å². The van der Waals surface area contributed by atoms with Crippen LogP contribution in [0.25, 0.3) is 16.8 Å². The summed E-state index contributed by atoms with van der Waals surface area (Å²) >= 11 is 0. The number of ether oxygens (including phenoxy) is 1. The van der Waals surface area contributed by atoms with Crippen LogP contribution in [-0.2, 0) is 11.5 Å². The van der Waals surface area contributed by atoms with Crippen molar-refractivity contribution in [2.75, 3.05) is 5.32 Å². The number of imidazole rings is 1. The van der Waals surface area contributed by atoms with Gasteiger partial charge in [-0.1, -0.05) is 31.8 Å². The highest BCUT2D eigenvalue weighted by molar-refractivity contribution is 6.77.